The number of rotatable bonds is 2. The Labute approximate surface area is 132 Å². The van der Waals surface area contributed by atoms with Gasteiger partial charge in [-0.25, -0.2) is 4.90 Å². The van der Waals surface area contributed by atoms with Crippen LogP contribution in [0.3, 0.4) is 0 Å². The molecule has 0 spiro atoms. The van der Waals surface area contributed by atoms with Gasteiger partial charge in [-0.1, -0.05) is 23.8 Å². The van der Waals surface area contributed by atoms with Crippen LogP contribution in [0, 0.1) is 11.8 Å². The van der Waals surface area contributed by atoms with E-state index in [4.69, 9.17) is 21.1 Å². The number of nitrogens with zero attached hydrogens (tertiary/aromatic N) is 1. The number of carbonyl (C=O) groups is 2. The van der Waals surface area contributed by atoms with Crippen LogP contribution < -0.4 is 9.64 Å². The third kappa shape index (κ3) is 1.58. The van der Waals surface area contributed by atoms with Gasteiger partial charge in [0.2, 0.25) is 11.8 Å². The fourth-order valence-electron chi connectivity index (χ4n) is 3.73. The molecular weight excluding hydrogens is 306 g/mol. The molecule has 0 N–H and O–H groups in total. The van der Waals surface area contributed by atoms with E-state index in [1.807, 2.05) is 19.1 Å². The molecule has 3 aliphatic rings. The van der Waals surface area contributed by atoms with Crippen LogP contribution in [-0.2, 0) is 14.3 Å². The van der Waals surface area contributed by atoms with Gasteiger partial charge in [0.25, 0.3) is 0 Å². The Morgan fingerprint density at radius 3 is 2.77 bits per heavy atom. The highest BCUT2D eigenvalue weighted by atomic mass is 35.5. The number of hydrogen-bond acceptors (Lipinski definition) is 4. The summed E-state index contributed by atoms with van der Waals surface area (Å²) in [5, 5.41) is 0.442. The Bertz CT molecular complexity index is 731. The van der Waals surface area contributed by atoms with Gasteiger partial charge in [0, 0.05) is 5.02 Å². The van der Waals surface area contributed by atoms with E-state index < -0.39 is 17.4 Å². The molecule has 0 saturated carbocycles. The van der Waals surface area contributed by atoms with Crippen LogP contribution in [0.4, 0.5) is 5.69 Å². The average Bonchev–Trinajstić information content (AvgIpc) is 3.08. The van der Waals surface area contributed by atoms with Gasteiger partial charge in [0.1, 0.15) is 5.75 Å². The standard InChI is InChI=1S/C16H14ClNO4/c1-16-6-5-11(22-16)12-13(16)15(20)18(14(12)19)9-7-8(17)3-4-10(9)21-2/h3-7,11-13H,1-2H3/t11-,12+,13+,16-/m1/s1. The molecule has 0 aliphatic carbocycles. The number of methoxy groups -OCH3 is 1. The minimum absolute atomic E-state index is 0.256. The Hall–Kier alpha value is -1.85. The zero-order chi connectivity index (χ0) is 15.6. The van der Waals surface area contributed by atoms with Crippen molar-refractivity contribution in [2.45, 2.75) is 18.6 Å². The number of carbonyl (C=O) groups excluding carboxylic acids is 2. The van der Waals surface area contributed by atoms with Gasteiger partial charge in [0.05, 0.1) is 36.3 Å². The lowest BCUT2D eigenvalue weighted by Crippen LogP contribution is -2.38. The van der Waals surface area contributed by atoms with E-state index in [0.717, 1.165) is 0 Å². The zero-order valence-electron chi connectivity index (χ0n) is 12.1. The van der Waals surface area contributed by atoms with Gasteiger partial charge in [-0.15, -0.1) is 0 Å². The number of ether oxygens (including phenoxy) is 2. The van der Waals surface area contributed by atoms with Crippen LogP contribution in [-0.4, -0.2) is 30.6 Å². The van der Waals surface area contributed by atoms with E-state index in [-0.39, 0.29) is 17.9 Å². The first-order valence-electron chi connectivity index (χ1n) is 7.05. The Balaban J connectivity index is 1.82. The smallest absolute Gasteiger partial charge is 0.241 e. The van der Waals surface area contributed by atoms with Crippen molar-refractivity contribution in [2.24, 2.45) is 11.8 Å². The third-order valence-corrected chi connectivity index (χ3v) is 4.95. The van der Waals surface area contributed by atoms with E-state index >= 15 is 0 Å². The maximum atomic E-state index is 12.9. The molecule has 2 fully saturated rings. The molecular formula is C16H14ClNO4. The fraction of sp³-hybridized carbons (Fsp3) is 0.375. The SMILES string of the molecule is COc1ccc(Cl)cc1N1C(=O)[C@@H]2[C@@H](C1=O)[C@@]1(C)C=C[C@H]2O1. The number of halogens is 1. The lowest BCUT2D eigenvalue weighted by atomic mass is 9.78. The molecule has 4 atom stereocenters. The van der Waals surface area contributed by atoms with E-state index in [2.05, 4.69) is 0 Å². The molecule has 3 aliphatic heterocycles. The van der Waals surface area contributed by atoms with Crippen molar-refractivity contribution >= 4 is 29.1 Å². The van der Waals surface area contributed by atoms with Crippen LogP contribution in [0.25, 0.3) is 0 Å². The van der Waals surface area contributed by atoms with Crippen molar-refractivity contribution in [1.29, 1.82) is 0 Å². The largest absolute Gasteiger partial charge is 0.495 e. The minimum Gasteiger partial charge on any atom is -0.495 e. The van der Waals surface area contributed by atoms with Crippen LogP contribution in [0.15, 0.2) is 30.4 Å². The molecule has 4 rings (SSSR count). The Kier molecular flexibility index (Phi) is 2.72. The summed E-state index contributed by atoms with van der Waals surface area (Å²) in [7, 11) is 1.49. The highest BCUT2D eigenvalue weighted by molar-refractivity contribution is 6.31. The molecule has 0 radical (unpaired) electrons. The molecule has 6 heteroatoms. The van der Waals surface area contributed by atoms with E-state index in [1.165, 1.54) is 12.0 Å². The third-order valence-electron chi connectivity index (χ3n) is 4.71. The summed E-state index contributed by atoms with van der Waals surface area (Å²) < 4.78 is 11.1. The summed E-state index contributed by atoms with van der Waals surface area (Å²) in [5.41, 5.74) is -0.315. The van der Waals surface area contributed by atoms with Crippen LogP contribution in [0.1, 0.15) is 6.92 Å². The van der Waals surface area contributed by atoms with E-state index in [9.17, 15) is 9.59 Å². The molecule has 22 heavy (non-hydrogen) atoms. The van der Waals surface area contributed by atoms with Gasteiger partial charge < -0.3 is 9.47 Å². The predicted molar refractivity (Wildman–Crippen MR) is 79.9 cm³/mol. The van der Waals surface area contributed by atoms with Gasteiger partial charge >= 0.3 is 0 Å². The van der Waals surface area contributed by atoms with E-state index in [0.29, 0.717) is 16.5 Å². The molecule has 0 unspecified atom stereocenters. The van der Waals surface area contributed by atoms with Crippen LogP contribution in [0.2, 0.25) is 5.02 Å². The first-order valence-corrected chi connectivity index (χ1v) is 7.42. The number of hydrogen-bond donors (Lipinski definition) is 0. The normalized spacial score (nSPS) is 35.4. The number of anilines is 1. The molecule has 1 aromatic rings. The maximum Gasteiger partial charge on any atom is 0.241 e. The van der Waals surface area contributed by atoms with Crippen molar-refractivity contribution in [3.63, 3.8) is 0 Å². The van der Waals surface area contributed by atoms with Gasteiger partial charge in [-0.2, -0.15) is 0 Å². The second kappa shape index (κ2) is 4.33. The van der Waals surface area contributed by atoms with Gasteiger partial charge in [-0.05, 0) is 25.1 Å². The topological polar surface area (TPSA) is 55.8 Å². The zero-order valence-corrected chi connectivity index (χ0v) is 12.8. The first kappa shape index (κ1) is 13.8. The average molecular weight is 320 g/mol. The summed E-state index contributed by atoms with van der Waals surface area (Å²) in [6, 6.07) is 4.89. The molecule has 2 amide bonds. The monoisotopic (exact) mass is 319 g/mol. The van der Waals surface area contributed by atoms with Crippen molar-refractivity contribution in [3.8, 4) is 5.75 Å². The minimum atomic E-state index is -0.706. The molecule has 3 heterocycles. The second-order valence-electron chi connectivity index (χ2n) is 5.96. The van der Waals surface area contributed by atoms with Crippen molar-refractivity contribution in [1.82, 2.24) is 0 Å². The van der Waals surface area contributed by atoms with Crippen molar-refractivity contribution < 1.29 is 19.1 Å². The van der Waals surface area contributed by atoms with E-state index in [1.54, 1.807) is 18.2 Å². The van der Waals surface area contributed by atoms with Gasteiger partial charge in [0.15, 0.2) is 0 Å². The van der Waals surface area contributed by atoms with Crippen molar-refractivity contribution in [3.05, 3.63) is 35.4 Å². The number of benzene rings is 1. The summed E-state index contributed by atoms with van der Waals surface area (Å²) in [4.78, 5) is 26.9. The summed E-state index contributed by atoms with van der Waals surface area (Å²) >= 11 is 6.02. The molecule has 1 aromatic carbocycles. The Morgan fingerprint density at radius 1 is 1.32 bits per heavy atom. The first-order chi connectivity index (χ1) is 10.5. The lowest BCUT2D eigenvalue weighted by molar-refractivity contribution is -0.126. The highest BCUT2D eigenvalue weighted by Crippen LogP contribution is 2.53. The highest BCUT2D eigenvalue weighted by Gasteiger charge is 2.66. The van der Waals surface area contributed by atoms with Gasteiger partial charge in [-0.3, -0.25) is 9.59 Å². The summed E-state index contributed by atoms with van der Waals surface area (Å²) in [6.45, 7) is 1.85. The molecule has 0 aromatic heterocycles. The summed E-state index contributed by atoms with van der Waals surface area (Å²) in [6.07, 6.45) is 3.41. The van der Waals surface area contributed by atoms with Crippen LogP contribution >= 0.6 is 11.6 Å². The van der Waals surface area contributed by atoms with Crippen molar-refractivity contribution in [2.75, 3.05) is 12.0 Å². The maximum absolute atomic E-state index is 12.9. The number of fused-ring (bicyclic) bond motifs is 5. The Morgan fingerprint density at radius 2 is 2.09 bits per heavy atom. The van der Waals surface area contributed by atoms with Crippen LogP contribution in [0.5, 0.6) is 5.75 Å². The molecule has 5 nitrogen and oxygen atoms in total. The molecule has 114 valence electrons. The predicted octanol–water partition coefficient (Wildman–Crippen LogP) is 2.18. The quantitative estimate of drug-likeness (QED) is 0.619. The second-order valence-corrected chi connectivity index (χ2v) is 6.39. The summed E-state index contributed by atoms with van der Waals surface area (Å²) in [5.74, 6) is -1.03. The lowest BCUT2D eigenvalue weighted by Gasteiger charge is -2.24. The number of imide groups is 1. The molecule has 2 bridgehead atoms. The molecule has 2 saturated heterocycles. The fourth-order valence-corrected chi connectivity index (χ4v) is 3.89. The number of amides is 2.